The van der Waals surface area contributed by atoms with Gasteiger partial charge in [-0.1, -0.05) is 13.8 Å². The lowest BCUT2D eigenvalue weighted by Gasteiger charge is -2.18. The number of nitrogens with two attached hydrogens (primary N) is 1. The van der Waals surface area contributed by atoms with Gasteiger partial charge >= 0.3 is 0 Å². The summed E-state index contributed by atoms with van der Waals surface area (Å²) in [5.74, 6) is 0.0797. The van der Waals surface area contributed by atoms with Gasteiger partial charge in [-0.05, 0) is 29.2 Å². The summed E-state index contributed by atoms with van der Waals surface area (Å²) >= 11 is 0. The van der Waals surface area contributed by atoms with Gasteiger partial charge in [-0.25, -0.2) is 4.39 Å². The van der Waals surface area contributed by atoms with Crippen LogP contribution in [0.2, 0.25) is 0 Å². The number of nitrogens with zero attached hydrogens (tertiary/aromatic N) is 1. The van der Waals surface area contributed by atoms with E-state index in [0.29, 0.717) is 0 Å². The summed E-state index contributed by atoms with van der Waals surface area (Å²) in [5, 5.41) is 0. The highest BCUT2D eigenvalue weighted by atomic mass is 19.1. The van der Waals surface area contributed by atoms with E-state index in [1.54, 1.807) is 6.07 Å². The molecule has 0 heterocycles. The molecule has 88 valence electrons. The first kappa shape index (κ1) is 11.4. The maximum Gasteiger partial charge on any atom is 0.123 e. The first-order valence-electron chi connectivity index (χ1n) is 5.58. The lowest BCUT2D eigenvalue weighted by Crippen LogP contribution is -2.12. The Morgan fingerprint density at radius 3 is 2.31 bits per heavy atom. The van der Waals surface area contributed by atoms with Gasteiger partial charge in [0.1, 0.15) is 5.82 Å². The van der Waals surface area contributed by atoms with Gasteiger partial charge in [-0.2, -0.15) is 0 Å². The molecular formula is C13H19FN2. The van der Waals surface area contributed by atoms with Crippen LogP contribution >= 0.6 is 0 Å². The predicted molar refractivity (Wildman–Crippen MR) is 65.2 cm³/mol. The normalized spacial score (nSPS) is 26.6. The van der Waals surface area contributed by atoms with E-state index < -0.39 is 0 Å². The molecule has 3 heteroatoms. The quantitative estimate of drug-likeness (QED) is 0.832. The molecule has 2 rings (SSSR count). The van der Waals surface area contributed by atoms with Crippen LogP contribution in [0, 0.1) is 11.2 Å². The second kappa shape index (κ2) is 3.45. The molecular weight excluding hydrogens is 203 g/mol. The minimum absolute atomic E-state index is 0.0819. The van der Waals surface area contributed by atoms with Crippen LogP contribution in [0.5, 0.6) is 0 Å². The van der Waals surface area contributed by atoms with Gasteiger partial charge in [0, 0.05) is 31.7 Å². The molecule has 1 aromatic rings. The Morgan fingerprint density at radius 1 is 1.31 bits per heavy atom. The standard InChI is InChI=1S/C13H19FN2/c1-13(2)11(12(13)15)9-7-8(14)5-6-10(9)16(3)4/h5-7,11-12H,15H2,1-4H3/t11-,12-/m0/s1. The molecule has 0 bridgehead atoms. The maximum atomic E-state index is 13.3. The van der Waals surface area contributed by atoms with Crippen LogP contribution in [0.15, 0.2) is 18.2 Å². The molecule has 2 nitrogen and oxygen atoms in total. The van der Waals surface area contributed by atoms with Crippen LogP contribution in [-0.4, -0.2) is 20.1 Å². The smallest absolute Gasteiger partial charge is 0.123 e. The van der Waals surface area contributed by atoms with E-state index in [-0.39, 0.29) is 23.2 Å². The van der Waals surface area contributed by atoms with Gasteiger partial charge in [0.05, 0.1) is 0 Å². The largest absolute Gasteiger partial charge is 0.377 e. The third-order valence-corrected chi connectivity index (χ3v) is 3.72. The van der Waals surface area contributed by atoms with E-state index in [2.05, 4.69) is 13.8 Å². The van der Waals surface area contributed by atoms with Gasteiger partial charge in [0.25, 0.3) is 0 Å². The molecule has 1 aliphatic rings. The average Bonchev–Trinajstić information content (AvgIpc) is 2.65. The van der Waals surface area contributed by atoms with Gasteiger partial charge in [0.15, 0.2) is 0 Å². The zero-order chi connectivity index (χ0) is 12.1. The van der Waals surface area contributed by atoms with Crippen molar-refractivity contribution in [1.29, 1.82) is 0 Å². The Hall–Kier alpha value is -1.09. The summed E-state index contributed by atoms with van der Waals surface area (Å²) in [5.41, 5.74) is 8.23. The second-order valence-electron chi connectivity index (χ2n) is 5.42. The van der Waals surface area contributed by atoms with Crippen molar-refractivity contribution < 1.29 is 4.39 Å². The molecule has 2 N–H and O–H groups in total. The number of benzene rings is 1. The predicted octanol–water partition coefficient (Wildman–Crippen LogP) is 2.34. The summed E-state index contributed by atoms with van der Waals surface area (Å²) in [7, 11) is 3.94. The van der Waals surface area contributed by atoms with E-state index in [1.165, 1.54) is 6.07 Å². The molecule has 0 amide bonds. The summed E-state index contributed by atoms with van der Waals surface area (Å²) < 4.78 is 13.3. The SMILES string of the molecule is CN(C)c1ccc(F)cc1[C@H]1[C@H](N)C1(C)C. The molecule has 0 unspecified atom stereocenters. The van der Waals surface area contributed by atoms with Crippen LogP contribution in [0.4, 0.5) is 10.1 Å². The van der Waals surface area contributed by atoms with Crippen molar-refractivity contribution in [3.8, 4) is 0 Å². The Morgan fingerprint density at radius 2 is 1.88 bits per heavy atom. The van der Waals surface area contributed by atoms with Crippen molar-refractivity contribution in [2.75, 3.05) is 19.0 Å². The maximum absolute atomic E-state index is 13.3. The minimum atomic E-state index is -0.185. The fourth-order valence-electron chi connectivity index (χ4n) is 2.45. The van der Waals surface area contributed by atoms with Crippen molar-refractivity contribution in [1.82, 2.24) is 0 Å². The highest BCUT2D eigenvalue weighted by molar-refractivity contribution is 5.57. The fraction of sp³-hybridized carbons (Fsp3) is 0.538. The lowest BCUT2D eigenvalue weighted by atomic mass is 10.0. The number of anilines is 1. The molecule has 0 spiro atoms. The Bertz CT molecular complexity index is 412. The number of halogens is 1. The van der Waals surface area contributed by atoms with Crippen LogP contribution < -0.4 is 10.6 Å². The third kappa shape index (κ3) is 1.59. The molecule has 0 radical (unpaired) electrons. The average molecular weight is 222 g/mol. The molecule has 1 saturated carbocycles. The first-order valence-corrected chi connectivity index (χ1v) is 5.58. The van der Waals surface area contributed by atoms with Crippen LogP contribution in [0.25, 0.3) is 0 Å². The third-order valence-electron chi connectivity index (χ3n) is 3.72. The van der Waals surface area contributed by atoms with E-state index in [1.807, 2.05) is 25.1 Å². The van der Waals surface area contributed by atoms with Crippen molar-refractivity contribution in [2.45, 2.75) is 25.8 Å². The molecule has 2 atom stereocenters. The van der Waals surface area contributed by atoms with E-state index in [0.717, 1.165) is 11.3 Å². The summed E-state index contributed by atoms with van der Waals surface area (Å²) in [6, 6.07) is 5.08. The van der Waals surface area contributed by atoms with E-state index in [4.69, 9.17) is 5.73 Å². The molecule has 0 aliphatic heterocycles. The van der Waals surface area contributed by atoms with Gasteiger partial charge in [-0.15, -0.1) is 0 Å². The summed E-state index contributed by atoms with van der Waals surface area (Å²) in [6.45, 7) is 4.26. The number of hydrogen-bond donors (Lipinski definition) is 1. The van der Waals surface area contributed by atoms with Crippen LogP contribution in [0.3, 0.4) is 0 Å². The summed E-state index contributed by atoms with van der Waals surface area (Å²) in [6.07, 6.45) is 0. The van der Waals surface area contributed by atoms with Gasteiger partial charge < -0.3 is 10.6 Å². The molecule has 1 aliphatic carbocycles. The molecule has 1 fully saturated rings. The monoisotopic (exact) mass is 222 g/mol. The molecule has 1 aromatic carbocycles. The second-order valence-corrected chi connectivity index (χ2v) is 5.42. The summed E-state index contributed by atoms with van der Waals surface area (Å²) in [4.78, 5) is 2.01. The lowest BCUT2D eigenvalue weighted by molar-refractivity contribution is 0.594. The molecule has 16 heavy (non-hydrogen) atoms. The van der Waals surface area contributed by atoms with Crippen molar-refractivity contribution in [2.24, 2.45) is 11.1 Å². The van der Waals surface area contributed by atoms with Crippen LogP contribution in [-0.2, 0) is 0 Å². The Labute approximate surface area is 96.2 Å². The van der Waals surface area contributed by atoms with E-state index >= 15 is 0 Å². The number of rotatable bonds is 2. The first-order chi connectivity index (χ1) is 7.35. The topological polar surface area (TPSA) is 29.3 Å². The Balaban J connectivity index is 2.44. The highest BCUT2D eigenvalue weighted by Crippen LogP contribution is 2.59. The van der Waals surface area contributed by atoms with Gasteiger partial charge in [0.2, 0.25) is 0 Å². The van der Waals surface area contributed by atoms with Crippen molar-refractivity contribution >= 4 is 5.69 Å². The zero-order valence-electron chi connectivity index (χ0n) is 10.3. The molecule has 0 saturated heterocycles. The fourth-order valence-corrected chi connectivity index (χ4v) is 2.45. The molecule has 0 aromatic heterocycles. The number of hydrogen-bond acceptors (Lipinski definition) is 2. The highest BCUT2D eigenvalue weighted by Gasteiger charge is 2.57. The Kier molecular flexibility index (Phi) is 2.46. The van der Waals surface area contributed by atoms with Crippen LogP contribution in [0.1, 0.15) is 25.3 Å². The minimum Gasteiger partial charge on any atom is -0.377 e. The van der Waals surface area contributed by atoms with Gasteiger partial charge in [-0.3, -0.25) is 0 Å². The van der Waals surface area contributed by atoms with E-state index in [9.17, 15) is 4.39 Å². The van der Waals surface area contributed by atoms with Crippen molar-refractivity contribution in [3.05, 3.63) is 29.6 Å². The zero-order valence-corrected chi connectivity index (χ0v) is 10.3. The van der Waals surface area contributed by atoms with Crippen molar-refractivity contribution in [3.63, 3.8) is 0 Å².